The second kappa shape index (κ2) is 5.36. The number of fused-ring (bicyclic) bond motifs is 2. The molecule has 2 fully saturated rings. The third-order valence-corrected chi connectivity index (χ3v) is 5.55. The summed E-state index contributed by atoms with van der Waals surface area (Å²) in [7, 11) is 0. The van der Waals surface area contributed by atoms with Crippen LogP contribution in [0.25, 0.3) is 0 Å². The van der Waals surface area contributed by atoms with E-state index in [0.717, 1.165) is 25.0 Å². The summed E-state index contributed by atoms with van der Waals surface area (Å²) in [6.07, 6.45) is 13.3. The van der Waals surface area contributed by atoms with E-state index in [1.165, 1.54) is 19.3 Å². The van der Waals surface area contributed by atoms with Crippen molar-refractivity contribution >= 4 is 5.91 Å². The molecule has 4 rings (SSSR count). The first-order valence-electron chi connectivity index (χ1n) is 8.32. The lowest BCUT2D eigenvalue weighted by atomic mass is 9.91. The Morgan fingerprint density at radius 2 is 2.10 bits per heavy atom. The Hall–Kier alpha value is -1.51. The number of allylic oxidation sites excluding steroid dienone is 2. The number of rotatable bonds is 4. The number of hydrogen-bond donors (Lipinski definition) is 0. The molecular formula is C18H23NO2. The van der Waals surface area contributed by atoms with Gasteiger partial charge in [0.15, 0.2) is 0 Å². The van der Waals surface area contributed by atoms with Crippen molar-refractivity contribution in [2.75, 3.05) is 0 Å². The van der Waals surface area contributed by atoms with Gasteiger partial charge in [0.1, 0.15) is 5.76 Å². The van der Waals surface area contributed by atoms with Crippen LogP contribution < -0.4 is 0 Å². The number of carbonyl (C=O) groups is 1. The van der Waals surface area contributed by atoms with Gasteiger partial charge < -0.3 is 9.32 Å². The summed E-state index contributed by atoms with van der Waals surface area (Å²) in [6, 6.07) is 4.31. The topological polar surface area (TPSA) is 33.5 Å². The van der Waals surface area contributed by atoms with Gasteiger partial charge in [-0.05, 0) is 49.7 Å². The number of hydrogen-bond acceptors (Lipinski definition) is 2. The molecule has 112 valence electrons. The van der Waals surface area contributed by atoms with E-state index in [2.05, 4.69) is 17.1 Å². The molecule has 1 aromatic heterocycles. The van der Waals surface area contributed by atoms with Crippen LogP contribution >= 0.6 is 0 Å². The Bertz CT molecular complexity index is 527. The molecule has 3 nitrogen and oxygen atoms in total. The van der Waals surface area contributed by atoms with Crippen molar-refractivity contribution in [3.8, 4) is 0 Å². The molecule has 2 bridgehead atoms. The van der Waals surface area contributed by atoms with Gasteiger partial charge in [0.2, 0.25) is 5.91 Å². The van der Waals surface area contributed by atoms with Gasteiger partial charge in [-0.25, -0.2) is 0 Å². The molecule has 0 spiro atoms. The van der Waals surface area contributed by atoms with Crippen molar-refractivity contribution < 1.29 is 9.21 Å². The summed E-state index contributed by atoms with van der Waals surface area (Å²) in [5, 5.41) is 0. The minimum Gasteiger partial charge on any atom is -0.467 e. The molecule has 0 unspecified atom stereocenters. The third-order valence-electron chi connectivity index (χ3n) is 5.55. The van der Waals surface area contributed by atoms with Gasteiger partial charge in [0.05, 0.1) is 12.8 Å². The standard InChI is InChI=1S/C18H23NO2/c20-18(17-11-13-7-8-14(17)10-13)19(15-4-1-2-5-15)12-16-6-3-9-21-16/h3,6-9,13-15,17H,1-2,4-5,10-12H2/t13-,14-,17-/m0/s1. The third kappa shape index (κ3) is 2.43. The maximum absolute atomic E-state index is 13.1. The van der Waals surface area contributed by atoms with E-state index in [4.69, 9.17) is 4.42 Å². The highest BCUT2D eigenvalue weighted by Crippen LogP contribution is 2.45. The second-order valence-corrected chi connectivity index (χ2v) is 6.87. The number of amides is 1. The zero-order valence-corrected chi connectivity index (χ0v) is 12.4. The molecule has 0 aliphatic heterocycles. The molecule has 0 N–H and O–H groups in total. The van der Waals surface area contributed by atoms with Gasteiger partial charge in [-0.2, -0.15) is 0 Å². The average molecular weight is 285 g/mol. The molecule has 21 heavy (non-hydrogen) atoms. The Labute approximate surface area is 126 Å². The first-order valence-corrected chi connectivity index (χ1v) is 8.32. The fourth-order valence-electron chi connectivity index (χ4n) is 4.45. The molecule has 3 heteroatoms. The number of carbonyl (C=O) groups excluding carboxylic acids is 1. The van der Waals surface area contributed by atoms with Crippen molar-refractivity contribution in [1.82, 2.24) is 4.90 Å². The van der Waals surface area contributed by atoms with E-state index < -0.39 is 0 Å². The second-order valence-electron chi connectivity index (χ2n) is 6.87. The van der Waals surface area contributed by atoms with Crippen LogP contribution in [-0.2, 0) is 11.3 Å². The summed E-state index contributed by atoms with van der Waals surface area (Å²) >= 11 is 0. The highest BCUT2D eigenvalue weighted by molar-refractivity contribution is 5.80. The van der Waals surface area contributed by atoms with Gasteiger partial charge in [-0.15, -0.1) is 0 Å². The lowest BCUT2D eigenvalue weighted by Crippen LogP contribution is -2.42. The highest BCUT2D eigenvalue weighted by Gasteiger charge is 2.43. The van der Waals surface area contributed by atoms with Gasteiger partial charge in [0, 0.05) is 12.0 Å². The highest BCUT2D eigenvalue weighted by atomic mass is 16.3. The van der Waals surface area contributed by atoms with Crippen molar-refractivity contribution in [3.05, 3.63) is 36.3 Å². The van der Waals surface area contributed by atoms with Crippen LogP contribution in [0.2, 0.25) is 0 Å². The first kappa shape index (κ1) is 13.2. The summed E-state index contributed by atoms with van der Waals surface area (Å²) < 4.78 is 5.49. The molecule has 0 radical (unpaired) electrons. The van der Waals surface area contributed by atoms with Crippen LogP contribution in [0.4, 0.5) is 0 Å². The summed E-state index contributed by atoms with van der Waals surface area (Å²) in [5.41, 5.74) is 0. The molecule has 3 atom stereocenters. The van der Waals surface area contributed by atoms with Gasteiger partial charge in [-0.3, -0.25) is 4.79 Å². The lowest BCUT2D eigenvalue weighted by molar-refractivity contribution is -0.139. The van der Waals surface area contributed by atoms with Crippen LogP contribution in [0, 0.1) is 17.8 Å². The van der Waals surface area contributed by atoms with Crippen molar-refractivity contribution in [3.63, 3.8) is 0 Å². The van der Waals surface area contributed by atoms with E-state index in [9.17, 15) is 4.79 Å². The Morgan fingerprint density at radius 1 is 1.24 bits per heavy atom. The molecule has 1 aromatic rings. The minimum atomic E-state index is 0.218. The number of nitrogens with zero attached hydrogens (tertiary/aromatic N) is 1. The largest absolute Gasteiger partial charge is 0.467 e. The lowest BCUT2D eigenvalue weighted by Gasteiger charge is -2.32. The van der Waals surface area contributed by atoms with Gasteiger partial charge in [-0.1, -0.05) is 25.0 Å². The Kier molecular flexibility index (Phi) is 3.36. The molecule has 1 heterocycles. The van der Waals surface area contributed by atoms with Crippen LogP contribution in [0.1, 0.15) is 44.3 Å². The molecule has 0 aromatic carbocycles. The normalized spacial score (nSPS) is 31.1. The molecule has 3 aliphatic rings. The van der Waals surface area contributed by atoms with Crippen molar-refractivity contribution in [2.45, 2.75) is 51.1 Å². The summed E-state index contributed by atoms with van der Waals surface area (Å²) in [5.74, 6) is 2.64. The minimum absolute atomic E-state index is 0.218. The van der Waals surface area contributed by atoms with Crippen molar-refractivity contribution in [2.24, 2.45) is 17.8 Å². The first-order chi connectivity index (χ1) is 10.3. The fraction of sp³-hybridized carbons (Fsp3) is 0.611. The molecular weight excluding hydrogens is 262 g/mol. The van der Waals surface area contributed by atoms with Crippen LogP contribution in [0.3, 0.4) is 0 Å². The summed E-state index contributed by atoms with van der Waals surface area (Å²) in [4.78, 5) is 15.2. The monoisotopic (exact) mass is 285 g/mol. The zero-order chi connectivity index (χ0) is 14.2. The van der Waals surface area contributed by atoms with Gasteiger partial charge >= 0.3 is 0 Å². The Balaban J connectivity index is 1.53. The quantitative estimate of drug-likeness (QED) is 0.789. The molecule has 3 aliphatic carbocycles. The predicted octanol–water partition coefficient (Wildman–Crippen LogP) is 3.76. The van der Waals surface area contributed by atoms with E-state index in [1.807, 2.05) is 12.1 Å². The SMILES string of the molecule is O=C([C@H]1C[C@H]2C=C[C@H]1C2)N(Cc1ccco1)C1CCCC1. The molecule has 1 amide bonds. The maximum Gasteiger partial charge on any atom is 0.226 e. The Morgan fingerprint density at radius 3 is 2.71 bits per heavy atom. The molecule has 0 saturated heterocycles. The van der Waals surface area contributed by atoms with E-state index >= 15 is 0 Å². The van der Waals surface area contributed by atoms with Crippen LogP contribution in [0.15, 0.2) is 35.0 Å². The average Bonchev–Trinajstić information content (AvgIpc) is 3.29. The summed E-state index contributed by atoms with van der Waals surface area (Å²) in [6.45, 7) is 0.647. The van der Waals surface area contributed by atoms with E-state index in [1.54, 1.807) is 6.26 Å². The smallest absolute Gasteiger partial charge is 0.226 e. The zero-order valence-electron chi connectivity index (χ0n) is 12.4. The van der Waals surface area contributed by atoms with Gasteiger partial charge in [0.25, 0.3) is 0 Å². The molecule has 2 saturated carbocycles. The van der Waals surface area contributed by atoms with Crippen LogP contribution in [0.5, 0.6) is 0 Å². The van der Waals surface area contributed by atoms with Crippen molar-refractivity contribution in [1.29, 1.82) is 0 Å². The van der Waals surface area contributed by atoms with E-state index in [-0.39, 0.29) is 5.92 Å². The number of furan rings is 1. The predicted molar refractivity (Wildman–Crippen MR) is 80.4 cm³/mol. The maximum atomic E-state index is 13.1. The van der Waals surface area contributed by atoms with Crippen LogP contribution in [-0.4, -0.2) is 16.8 Å². The van der Waals surface area contributed by atoms with E-state index in [0.29, 0.717) is 30.3 Å². The fourth-order valence-corrected chi connectivity index (χ4v) is 4.45.